The van der Waals surface area contributed by atoms with Gasteiger partial charge in [0.1, 0.15) is 0 Å². The van der Waals surface area contributed by atoms with E-state index < -0.39 is 4.92 Å². The molecular weight excluding hydrogens is 280 g/mol. The number of hydrogen-bond acceptors (Lipinski definition) is 3. The lowest BCUT2D eigenvalue weighted by atomic mass is 9.93. The van der Waals surface area contributed by atoms with Gasteiger partial charge in [-0.2, -0.15) is 0 Å². The molecule has 1 atom stereocenters. The van der Waals surface area contributed by atoms with Crippen molar-refractivity contribution in [2.75, 3.05) is 5.32 Å². The summed E-state index contributed by atoms with van der Waals surface area (Å²) in [5, 5.41) is 13.5. The molecule has 114 valence electrons. The monoisotopic (exact) mass is 298 g/mol. The van der Waals surface area contributed by atoms with Crippen LogP contribution in [-0.4, -0.2) is 10.8 Å². The van der Waals surface area contributed by atoms with E-state index in [1.165, 1.54) is 12.1 Å². The van der Waals surface area contributed by atoms with E-state index >= 15 is 0 Å². The van der Waals surface area contributed by atoms with Gasteiger partial charge in [0.25, 0.3) is 5.69 Å². The Morgan fingerprint density at radius 3 is 2.32 bits per heavy atom. The Balaban J connectivity index is 2.12. The van der Waals surface area contributed by atoms with Crippen LogP contribution in [0.2, 0.25) is 0 Å². The van der Waals surface area contributed by atoms with Crippen molar-refractivity contribution in [1.29, 1.82) is 0 Å². The van der Waals surface area contributed by atoms with Gasteiger partial charge < -0.3 is 5.32 Å². The predicted molar refractivity (Wildman–Crippen MR) is 85.8 cm³/mol. The Hall–Kier alpha value is -2.69. The van der Waals surface area contributed by atoms with Gasteiger partial charge in [-0.05, 0) is 24.1 Å². The number of hydrogen-bond donors (Lipinski definition) is 1. The SMILES string of the molecule is CCCC(C(=O)Nc1ccc([N+](=O)[O-])cc1)c1ccccc1. The number of nitrogens with one attached hydrogen (secondary N) is 1. The molecule has 2 aromatic carbocycles. The maximum atomic E-state index is 12.5. The summed E-state index contributed by atoms with van der Waals surface area (Å²) in [7, 11) is 0. The molecule has 2 rings (SSSR count). The van der Waals surface area contributed by atoms with Crippen LogP contribution in [0.4, 0.5) is 11.4 Å². The quantitative estimate of drug-likeness (QED) is 0.644. The van der Waals surface area contributed by atoms with Crippen molar-refractivity contribution >= 4 is 17.3 Å². The van der Waals surface area contributed by atoms with E-state index in [1.54, 1.807) is 12.1 Å². The van der Waals surface area contributed by atoms with Gasteiger partial charge in [0.2, 0.25) is 5.91 Å². The summed E-state index contributed by atoms with van der Waals surface area (Å²) in [6, 6.07) is 15.5. The maximum absolute atomic E-state index is 12.5. The van der Waals surface area contributed by atoms with E-state index in [-0.39, 0.29) is 17.5 Å². The van der Waals surface area contributed by atoms with E-state index in [2.05, 4.69) is 5.32 Å². The zero-order valence-electron chi connectivity index (χ0n) is 12.4. The van der Waals surface area contributed by atoms with Gasteiger partial charge in [-0.3, -0.25) is 14.9 Å². The molecule has 1 unspecified atom stereocenters. The van der Waals surface area contributed by atoms with Gasteiger partial charge in [-0.25, -0.2) is 0 Å². The third kappa shape index (κ3) is 3.91. The minimum Gasteiger partial charge on any atom is -0.326 e. The second-order valence-corrected chi connectivity index (χ2v) is 5.05. The second kappa shape index (κ2) is 7.36. The number of benzene rings is 2. The Morgan fingerprint density at radius 1 is 1.14 bits per heavy atom. The molecule has 0 bridgehead atoms. The molecule has 0 saturated heterocycles. The molecule has 0 aliphatic rings. The number of carbonyl (C=O) groups excluding carboxylic acids is 1. The number of amides is 1. The zero-order chi connectivity index (χ0) is 15.9. The van der Waals surface area contributed by atoms with Crippen LogP contribution in [-0.2, 0) is 4.79 Å². The fourth-order valence-electron chi connectivity index (χ4n) is 2.32. The number of nitro benzene ring substituents is 1. The van der Waals surface area contributed by atoms with E-state index in [1.807, 2.05) is 37.3 Å². The summed E-state index contributed by atoms with van der Waals surface area (Å²) < 4.78 is 0. The van der Waals surface area contributed by atoms with Gasteiger partial charge >= 0.3 is 0 Å². The van der Waals surface area contributed by atoms with Crippen molar-refractivity contribution in [1.82, 2.24) is 0 Å². The molecule has 5 nitrogen and oxygen atoms in total. The Labute approximate surface area is 129 Å². The van der Waals surface area contributed by atoms with Gasteiger partial charge in [0, 0.05) is 17.8 Å². The molecule has 1 N–H and O–H groups in total. The molecule has 0 aliphatic carbocycles. The number of non-ortho nitro benzene ring substituents is 1. The third-order valence-corrected chi connectivity index (χ3v) is 3.44. The predicted octanol–water partition coefficient (Wildman–Crippen LogP) is 4.12. The zero-order valence-corrected chi connectivity index (χ0v) is 12.4. The highest BCUT2D eigenvalue weighted by Crippen LogP contribution is 2.24. The molecule has 0 aromatic heterocycles. The molecule has 22 heavy (non-hydrogen) atoms. The molecule has 2 aromatic rings. The van der Waals surface area contributed by atoms with Crippen LogP contribution in [0, 0.1) is 10.1 Å². The van der Waals surface area contributed by atoms with Crippen molar-refractivity contribution in [2.45, 2.75) is 25.7 Å². The highest BCUT2D eigenvalue weighted by molar-refractivity contribution is 5.95. The first-order chi connectivity index (χ1) is 10.6. The van der Waals surface area contributed by atoms with Crippen molar-refractivity contribution in [3.05, 3.63) is 70.3 Å². The molecule has 0 fully saturated rings. The average molecular weight is 298 g/mol. The first-order valence-corrected chi connectivity index (χ1v) is 7.22. The van der Waals surface area contributed by atoms with Crippen LogP contribution >= 0.6 is 0 Å². The topological polar surface area (TPSA) is 72.2 Å². The van der Waals surface area contributed by atoms with Crippen molar-refractivity contribution in [2.24, 2.45) is 0 Å². The number of nitro groups is 1. The van der Waals surface area contributed by atoms with E-state index in [0.29, 0.717) is 5.69 Å². The van der Waals surface area contributed by atoms with Gasteiger partial charge in [0.05, 0.1) is 10.8 Å². The minimum atomic E-state index is -0.463. The average Bonchev–Trinajstić information content (AvgIpc) is 2.53. The normalized spacial score (nSPS) is 11.7. The van der Waals surface area contributed by atoms with Gasteiger partial charge in [-0.1, -0.05) is 43.7 Å². The standard InChI is InChI=1S/C17H18N2O3/c1-2-6-16(13-7-4-3-5-8-13)17(20)18-14-9-11-15(12-10-14)19(21)22/h3-5,7-12,16H,2,6H2,1H3,(H,18,20). The molecular formula is C17H18N2O3. The van der Waals surface area contributed by atoms with E-state index in [4.69, 9.17) is 0 Å². The Kier molecular flexibility index (Phi) is 5.25. The van der Waals surface area contributed by atoms with Crippen LogP contribution in [0.5, 0.6) is 0 Å². The summed E-state index contributed by atoms with van der Waals surface area (Å²) in [6.07, 6.45) is 1.65. The molecule has 0 heterocycles. The van der Waals surface area contributed by atoms with E-state index in [9.17, 15) is 14.9 Å². The number of carbonyl (C=O) groups is 1. The second-order valence-electron chi connectivity index (χ2n) is 5.05. The van der Waals surface area contributed by atoms with E-state index in [0.717, 1.165) is 18.4 Å². The van der Waals surface area contributed by atoms with Crippen LogP contribution in [0.3, 0.4) is 0 Å². The summed E-state index contributed by atoms with van der Waals surface area (Å²) in [5.41, 5.74) is 1.54. The fraction of sp³-hybridized carbons (Fsp3) is 0.235. The number of anilines is 1. The number of nitrogens with zero attached hydrogens (tertiary/aromatic N) is 1. The van der Waals surface area contributed by atoms with Crippen LogP contribution in [0.25, 0.3) is 0 Å². The highest BCUT2D eigenvalue weighted by atomic mass is 16.6. The van der Waals surface area contributed by atoms with Crippen molar-refractivity contribution < 1.29 is 9.72 Å². The smallest absolute Gasteiger partial charge is 0.269 e. The van der Waals surface area contributed by atoms with Crippen molar-refractivity contribution in [3.8, 4) is 0 Å². The Bertz CT molecular complexity index is 639. The lowest BCUT2D eigenvalue weighted by Gasteiger charge is -2.16. The largest absolute Gasteiger partial charge is 0.326 e. The minimum absolute atomic E-state index is 0.00571. The lowest BCUT2D eigenvalue weighted by Crippen LogP contribution is -2.21. The van der Waals surface area contributed by atoms with Crippen LogP contribution < -0.4 is 5.32 Å². The third-order valence-electron chi connectivity index (χ3n) is 3.44. The Morgan fingerprint density at radius 2 is 1.77 bits per heavy atom. The fourth-order valence-corrected chi connectivity index (χ4v) is 2.32. The van der Waals surface area contributed by atoms with Crippen molar-refractivity contribution in [3.63, 3.8) is 0 Å². The summed E-state index contributed by atoms with van der Waals surface area (Å²) >= 11 is 0. The molecule has 1 amide bonds. The molecule has 0 spiro atoms. The molecule has 0 radical (unpaired) electrons. The first-order valence-electron chi connectivity index (χ1n) is 7.22. The highest BCUT2D eigenvalue weighted by Gasteiger charge is 2.19. The van der Waals surface area contributed by atoms with Crippen LogP contribution in [0.15, 0.2) is 54.6 Å². The molecule has 0 aliphatic heterocycles. The lowest BCUT2D eigenvalue weighted by molar-refractivity contribution is -0.384. The molecule has 0 saturated carbocycles. The van der Waals surface area contributed by atoms with Gasteiger partial charge in [-0.15, -0.1) is 0 Å². The summed E-state index contributed by atoms with van der Waals surface area (Å²) in [4.78, 5) is 22.6. The summed E-state index contributed by atoms with van der Waals surface area (Å²) in [5.74, 6) is -0.316. The molecule has 5 heteroatoms. The first kappa shape index (κ1) is 15.7. The van der Waals surface area contributed by atoms with Crippen LogP contribution in [0.1, 0.15) is 31.2 Å². The van der Waals surface area contributed by atoms with Gasteiger partial charge in [0.15, 0.2) is 0 Å². The maximum Gasteiger partial charge on any atom is 0.269 e. The summed E-state index contributed by atoms with van der Waals surface area (Å²) in [6.45, 7) is 2.04. The number of rotatable bonds is 6.